The molecule has 28 heavy (non-hydrogen) atoms. The van der Waals surface area contributed by atoms with E-state index < -0.39 is 35.2 Å². The van der Waals surface area contributed by atoms with E-state index in [0.717, 1.165) is 9.13 Å². The van der Waals surface area contributed by atoms with Gasteiger partial charge in [-0.3, -0.25) is 18.7 Å². The van der Waals surface area contributed by atoms with Crippen molar-refractivity contribution in [2.24, 2.45) is 14.1 Å². The summed E-state index contributed by atoms with van der Waals surface area (Å²) in [6, 6.07) is 4.76. The number of pyridine rings is 1. The van der Waals surface area contributed by atoms with Gasteiger partial charge in [-0.25, -0.2) is 19.3 Å². The Morgan fingerprint density at radius 2 is 1.93 bits per heavy atom. The van der Waals surface area contributed by atoms with Crippen molar-refractivity contribution < 1.29 is 14.3 Å². The highest BCUT2D eigenvalue weighted by Crippen LogP contribution is 2.08. The van der Waals surface area contributed by atoms with E-state index in [4.69, 9.17) is 10.5 Å². The van der Waals surface area contributed by atoms with Crippen LogP contribution >= 0.6 is 0 Å². The number of ketones is 1. The molecule has 0 bridgehead atoms. The van der Waals surface area contributed by atoms with Gasteiger partial charge in [0.25, 0.3) is 5.56 Å². The average molecular weight is 384 g/mol. The van der Waals surface area contributed by atoms with Gasteiger partial charge in [-0.15, -0.1) is 0 Å². The van der Waals surface area contributed by atoms with E-state index >= 15 is 0 Å². The molecular weight excluding hydrogens is 368 g/mol. The minimum Gasteiger partial charge on any atom is -0.454 e. The van der Waals surface area contributed by atoms with Crippen molar-refractivity contribution in [3.63, 3.8) is 0 Å². The van der Waals surface area contributed by atoms with Crippen LogP contribution in [0.2, 0.25) is 0 Å². The Morgan fingerprint density at radius 1 is 1.18 bits per heavy atom. The van der Waals surface area contributed by atoms with Crippen LogP contribution in [-0.2, 0) is 18.8 Å². The van der Waals surface area contributed by atoms with Crippen molar-refractivity contribution in [1.82, 2.24) is 23.9 Å². The summed E-state index contributed by atoms with van der Waals surface area (Å²) in [5.41, 5.74) is 3.89. The van der Waals surface area contributed by atoms with Crippen LogP contribution in [-0.4, -0.2) is 42.3 Å². The minimum atomic E-state index is -0.855. The number of hydrogen-bond donors (Lipinski definition) is 1. The van der Waals surface area contributed by atoms with Gasteiger partial charge in [0.15, 0.2) is 12.4 Å². The lowest BCUT2D eigenvalue weighted by atomic mass is 10.2. The van der Waals surface area contributed by atoms with Gasteiger partial charge < -0.3 is 10.5 Å². The van der Waals surface area contributed by atoms with Crippen molar-refractivity contribution in [3.8, 4) is 5.82 Å². The van der Waals surface area contributed by atoms with Gasteiger partial charge in [0.1, 0.15) is 11.4 Å². The van der Waals surface area contributed by atoms with Crippen LogP contribution in [0.25, 0.3) is 5.82 Å². The smallest absolute Gasteiger partial charge is 0.340 e. The number of carbonyl (C=O) groups is 2. The normalized spacial score (nSPS) is 10.6. The molecule has 0 saturated heterocycles. The number of Topliss-reactive ketones (excluding diaryl/α,β-unsaturated/α-hetero) is 1. The molecule has 0 radical (unpaired) electrons. The first-order chi connectivity index (χ1) is 13.3. The summed E-state index contributed by atoms with van der Waals surface area (Å²) in [6.07, 6.45) is 4.56. The van der Waals surface area contributed by atoms with E-state index in [1.165, 1.54) is 31.0 Å². The summed E-state index contributed by atoms with van der Waals surface area (Å²) >= 11 is 0. The molecule has 0 aliphatic carbocycles. The van der Waals surface area contributed by atoms with Crippen molar-refractivity contribution in [2.45, 2.75) is 0 Å². The molecule has 0 fully saturated rings. The van der Waals surface area contributed by atoms with Gasteiger partial charge in [0.05, 0.1) is 5.56 Å². The topological polar surface area (TPSA) is 144 Å². The monoisotopic (exact) mass is 384 g/mol. The van der Waals surface area contributed by atoms with Crippen molar-refractivity contribution >= 4 is 17.6 Å². The molecule has 144 valence electrons. The summed E-state index contributed by atoms with van der Waals surface area (Å²) in [5.74, 6) is -1.41. The van der Waals surface area contributed by atoms with Crippen molar-refractivity contribution in [3.05, 3.63) is 68.8 Å². The van der Waals surface area contributed by atoms with Gasteiger partial charge in [-0.1, -0.05) is 0 Å². The highest BCUT2D eigenvalue weighted by molar-refractivity contribution is 6.02. The second-order valence-electron chi connectivity index (χ2n) is 5.82. The van der Waals surface area contributed by atoms with E-state index in [-0.39, 0.29) is 11.4 Å². The number of carbonyl (C=O) groups excluding carboxylic acids is 2. The van der Waals surface area contributed by atoms with E-state index in [1.807, 2.05) is 0 Å². The molecule has 11 heteroatoms. The zero-order valence-electron chi connectivity index (χ0n) is 15.0. The van der Waals surface area contributed by atoms with E-state index in [2.05, 4.69) is 10.1 Å². The molecule has 0 aliphatic heterocycles. The van der Waals surface area contributed by atoms with Crippen molar-refractivity contribution in [1.29, 1.82) is 0 Å². The van der Waals surface area contributed by atoms with Crippen LogP contribution in [0.4, 0.5) is 5.82 Å². The molecule has 3 aromatic heterocycles. The number of aromatic nitrogens is 5. The number of ether oxygens (including phenoxy) is 1. The highest BCUT2D eigenvalue weighted by atomic mass is 16.5. The number of nitrogen functional groups attached to an aromatic ring is 1. The van der Waals surface area contributed by atoms with E-state index in [0.29, 0.717) is 5.82 Å². The fraction of sp³-hybridized carbons (Fsp3) is 0.176. The quantitative estimate of drug-likeness (QED) is 0.448. The molecule has 0 saturated carbocycles. The summed E-state index contributed by atoms with van der Waals surface area (Å²) in [6.45, 7) is -0.711. The molecule has 0 spiro atoms. The fourth-order valence-electron chi connectivity index (χ4n) is 2.46. The maximum Gasteiger partial charge on any atom is 0.340 e. The Balaban J connectivity index is 1.74. The van der Waals surface area contributed by atoms with Gasteiger partial charge in [0, 0.05) is 32.7 Å². The Hall–Kier alpha value is -4.02. The van der Waals surface area contributed by atoms with Crippen LogP contribution < -0.4 is 17.0 Å². The molecule has 3 aromatic rings. The first-order valence-corrected chi connectivity index (χ1v) is 8.03. The third-order valence-electron chi connectivity index (χ3n) is 4.05. The summed E-state index contributed by atoms with van der Waals surface area (Å²) < 4.78 is 8.18. The third kappa shape index (κ3) is 3.32. The van der Waals surface area contributed by atoms with Crippen LogP contribution in [0.5, 0.6) is 0 Å². The lowest BCUT2D eigenvalue weighted by Crippen LogP contribution is -2.42. The predicted octanol–water partition coefficient (Wildman–Crippen LogP) is -0.713. The third-order valence-corrected chi connectivity index (χ3v) is 4.05. The molecule has 0 atom stereocenters. The molecule has 2 N–H and O–H groups in total. The fourth-order valence-corrected chi connectivity index (χ4v) is 2.46. The molecule has 0 aromatic carbocycles. The Morgan fingerprint density at radius 3 is 2.54 bits per heavy atom. The minimum absolute atomic E-state index is 0.116. The van der Waals surface area contributed by atoms with Crippen LogP contribution in [0.1, 0.15) is 20.7 Å². The van der Waals surface area contributed by atoms with Crippen LogP contribution in [0, 0.1) is 0 Å². The lowest BCUT2D eigenvalue weighted by molar-refractivity contribution is 0.0473. The molecule has 0 amide bonds. The molecule has 0 aliphatic rings. The maximum atomic E-state index is 12.3. The molecule has 3 heterocycles. The molecule has 3 rings (SSSR count). The Kier molecular flexibility index (Phi) is 4.90. The number of hydrogen-bond acceptors (Lipinski definition) is 8. The maximum absolute atomic E-state index is 12.3. The highest BCUT2D eigenvalue weighted by Gasteiger charge is 2.21. The molecule has 0 unspecified atom stereocenters. The Labute approximate surface area is 157 Å². The second kappa shape index (κ2) is 7.31. The zero-order valence-corrected chi connectivity index (χ0v) is 15.0. The van der Waals surface area contributed by atoms with Crippen molar-refractivity contribution in [2.75, 3.05) is 12.3 Å². The number of anilines is 1. The van der Waals surface area contributed by atoms with E-state index in [1.54, 1.807) is 24.5 Å². The standard InChI is InChI=1S/C17H16N6O5/c1-21-14(18)13(15(25)22(2)17(21)27)11(24)9-28-16(26)10-4-5-12(19-8-10)23-7-3-6-20-23/h3-8H,9,18H2,1-2H3. The first kappa shape index (κ1) is 18.8. The SMILES string of the molecule is Cn1c(N)c(C(=O)COC(=O)c2ccc(-n3cccn3)nc2)c(=O)n(C)c1=O. The number of rotatable bonds is 5. The summed E-state index contributed by atoms with van der Waals surface area (Å²) in [7, 11) is 2.55. The second-order valence-corrected chi connectivity index (χ2v) is 5.82. The summed E-state index contributed by atoms with van der Waals surface area (Å²) in [5, 5.41) is 4.02. The number of nitrogens with two attached hydrogens (primary N) is 1. The van der Waals surface area contributed by atoms with Gasteiger partial charge >= 0.3 is 11.7 Å². The van der Waals surface area contributed by atoms with Gasteiger partial charge in [0.2, 0.25) is 5.78 Å². The first-order valence-electron chi connectivity index (χ1n) is 8.03. The predicted molar refractivity (Wildman–Crippen MR) is 97.3 cm³/mol. The lowest BCUT2D eigenvalue weighted by Gasteiger charge is -2.11. The zero-order chi connectivity index (χ0) is 20.4. The molecule has 11 nitrogen and oxygen atoms in total. The van der Waals surface area contributed by atoms with Crippen LogP contribution in [0.3, 0.4) is 0 Å². The summed E-state index contributed by atoms with van der Waals surface area (Å²) in [4.78, 5) is 52.5. The average Bonchev–Trinajstić information content (AvgIpc) is 3.24. The molecular formula is C17H16N6O5. The number of nitrogens with zero attached hydrogens (tertiary/aromatic N) is 5. The number of esters is 1. The van der Waals surface area contributed by atoms with Gasteiger partial charge in [-0.2, -0.15) is 5.10 Å². The van der Waals surface area contributed by atoms with Gasteiger partial charge in [-0.05, 0) is 18.2 Å². The van der Waals surface area contributed by atoms with Crippen LogP contribution in [0.15, 0.2) is 46.4 Å². The Bertz CT molecular complexity index is 1160. The largest absolute Gasteiger partial charge is 0.454 e. The van der Waals surface area contributed by atoms with E-state index in [9.17, 15) is 19.2 Å².